The second kappa shape index (κ2) is 4.03. The number of hydrogen-bond acceptors (Lipinski definition) is 3. The lowest BCUT2D eigenvalue weighted by molar-refractivity contribution is 0.603. The number of thioether (sulfide) groups is 2. The number of rotatable bonds is 5. The molecular weight excluding hydrogens is 198 g/mol. The van der Waals surface area contributed by atoms with Gasteiger partial charge in [-0.1, -0.05) is 20.8 Å². The van der Waals surface area contributed by atoms with Gasteiger partial charge in [-0.2, -0.15) is 11.8 Å². The zero-order chi connectivity index (χ0) is 10.1. The first-order valence-corrected chi connectivity index (χ1v) is 6.82. The van der Waals surface area contributed by atoms with Crippen molar-refractivity contribution in [3.05, 3.63) is 0 Å². The molecule has 0 spiro atoms. The second-order valence-electron chi connectivity index (χ2n) is 4.69. The molecule has 1 fully saturated rings. The molecule has 0 radical (unpaired) electrons. The second-order valence-corrected chi connectivity index (χ2v) is 8.26. The lowest BCUT2D eigenvalue weighted by Crippen LogP contribution is -2.37. The summed E-state index contributed by atoms with van der Waals surface area (Å²) in [6.45, 7) is 8.93. The van der Waals surface area contributed by atoms with Crippen molar-refractivity contribution in [3.63, 3.8) is 0 Å². The van der Waals surface area contributed by atoms with E-state index in [-0.39, 0.29) is 4.87 Å². The maximum Gasteiger partial charge on any atom is 0.0594 e. The molecule has 1 saturated heterocycles. The van der Waals surface area contributed by atoms with Crippen molar-refractivity contribution in [1.29, 1.82) is 0 Å². The standard InChI is InChI=1S/C10H21NS2/c1-5-10(4,11)13-9(2,3)6-8-7-12-8/h8H,5-7,11H2,1-4H3. The Kier molecular flexibility index (Phi) is 3.64. The van der Waals surface area contributed by atoms with Crippen molar-refractivity contribution in [2.45, 2.75) is 55.4 Å². The number of nitrogens with two attached hydrogens (primary N) is 1. The third-order valence-electron chi connectivity index (χ3n) is 2.33. The predicted molar refractivity (Wildman–Crippen MR) is 65.4 cm³/mol. The van der Waals surface area contributed by atoms with Gasteiger partial charge in [0.15, 0.2) is 0 Å². The molecule has 0 aromatic heterocycles. The van der Waals surface area contributed by atoms with Gasteiger partial charge < -0.3 is 5.73 Å². The van der Waals surface area contributed by atoms with E-state index in [9.17, 15) is 0 Å². The van der Waals surface area contributed by atoms with Gasteiger partial charge in [-0.3, -0.25) is 0 Å². The molecule has 2 unspecified atom stereocenters. The fourth-order valence-electron chi connectivity index (χ4n) is 1.48. The van der Waals surface area contributed by atoms with E-state index < -0.39 is 0 Å². The molecule has 3 heteroatoms. The highest BCUT2D eigenvalue weighted by Crippen LogP contribution is 2.44. The van der Waals surface area contributed by atoms with Crippen LogP contribution in [-0.2, 0) is 0 Å². The van der Waals surface area contributed by atoms with Gasteiger partial charge in [-0.25, -0.2) is 0 Å². The van der Waals surface area contributed by atoms with Gasteiger partial charge in [-0.15, -0.1) is 11.8 Å². The molecule has 0 bridgehead atoms. The first kappa shape index (κ1) is 11.7. The highest BCUT2D eigenvalue weighted by Gasteiger charge is 2.35. The van der Waals surface area contributed by atoms with E-state index in [0.29, 0.717) is 4.75 Å². The summed E-state index contributed by atoms with van der Waals surface area (Å²) in [5.74, 6) is 1.36. The van der Waals surface area contributed by atoms with Crippen LogP contribution in [0, 0.1) is 0 Å². The lowest BCUT2D eigenvalue weighted by atomic mass is 10.1. The van der Waals surface area contributed by atoms with E-state index >= 15 is 0 Å². The summed E-state index contributed by atoms with van der Waals surface area (Å²) in [6.07, 6.45) is 2.34. The van der Waals surface area contributed by atoms with E-state index in [1.165, 1.54) is 12.2 Å². The molecular formula is C10H21NS2. The molecule has 0 aromatic rings. The van der Waals surface area contributed by atoms with Gasteiger partial charge >= 0.3 is 0 Å². The van der Waals surface area contributed by atoms with Crippen LogP contribution in [0.4, 0.5) is 0 Å². The molecule has 1 aliphatic rings. The Labute approximate surface area is 90.6 Å². The quantitative estimate of drug-likeness (QED) is 0.568. The minimum absolute atomic E-state index is 0.0525. The average molecular weight is 219 g/mol. The summed E-state index contributed by atoms with van der Waals surface area (Å²) < 4.78 is 0.341. The van der Waals surface area contributed by atoms with Crippen molar-refractivity contribution in [3.8, 4) is 0 Å². The average Bonchev–Trinajstić information content (AvgIpc) is 2.68. The molecule has 0 aliphatic carbocycles. The van der Waals surface area contributed by atoms with Gasteiger partial charge in [0.25, 0.3) is 0 Å². The van der Waals surface area contributed by atoms with Crippen molar-refractivity contribution in [1.82, 2.24) is 0 Å². The van der Waals surface area contributed by atoms with Crippen LogP contribution in [0.3, 0.4) is 0 Å². The minimum atomic E-state index is -0.0525. The van der Waals surface area contributed by atoms with Crippen LogP contribution < -0.4 is 5.73 Å². The van der Waals surface area contributed by atoms with Gasteiger partial charge in [0.05, 0.1) is 4.87 Å². The number of hydrogen-bond donors (Lipinski definition) is 1. The first-order valence-electron chi connectivity index (χ1n) is 4.95. The van der Waals surface area contributed by atoms with E-state index in [1.54, 1.807) is 0 Å². The van der Waals surface area contributed by atoms with Crippen LogP contribution >= 0.6 is 23.5 Å². The molecule has 2 atom stereocenters. The van der Waals surface area contributed by atoms with Crippen molar-refractivity contribution in [2.75, 3.05) is 5.75 Å². The van der Waals surface area contributed by atoms with Crippen LogP contribution in [0.15, 0.2) is 0 Å². The summed E-state index contributed by atoms with van der Waals surface area (Å²) in [5, 5.41) is 0.912. The lowest BCUT2D eigenvalue weighted by Gasteiger charge is -2.33. The Morgan fingerprint density at radius 1 is 1.46 bits per heavy atom. The third-order valence-corrected chi connectivity index (χ3v) is 4.78. The van der Waals surface area contributed by atoms with Crippen molar-refractivity contribution < 1.29 is 0 Å². The topological polar surface area (TPSA) is 26.0 Å². The SMILES string of the molecule is CCC(C)(N)SC(C)(C)CC1CS1. The molecule has 0 amide bonds. The van der Waals surface area contributed by atoms with Gasteiger partial charge in [0, 0.05) is 15.7 Å². The Bertz CT molecular complexity index is 174. The Balaban J connectivity index is 2.39. The van der Waals surface area contributed by atoms with Crippen LogP contribution in [0.2, 0.25) is 0 Å². The van der Waals surface area contributed by atoms with E-state index in [1.807, 2.05) is 11.8 Å². The molecule has 1 aliphatic heterocycles. The van der Waals surface area contributed by atoms with Crippen LogP contribution in [-0.4, -0.2) is 20.6 Å². The Morgan fingerprint density at radius 3 is 2.38 bits per heavy atom. The molecule has 1 rings (SSSR count). The molecule has 2 N–H and O–H groups in total. The molecule has 13 heavy (non-hydrogen) atoms. The normalized spacial score (nSPS) is 27.0. The molecule has 0 aromatic carbocycles. The highest BCUT2D eigenvalue weighted by molar-refractivity contribution is 8.07. The van der Waals surface area contributed by atoms with E-state index in [2.05, 4.69) is 39.5 Å². The van der Waals surface area contributed by atoms with Gasteiger partial charge in [0.1, 0.15) is 0 Å². The monoisotopic (exact) mass is 219 g/mol. The molecule has 78 valence electrons. The molecule has 1 heterocycles. The summed E-state index contributed by atoms with van der Waals surface area (Å²) in [7, 11) is 0. The zero-order valence-corrected chi connectivity index (χ0v) is 10.7. The predicted octanol–water partition coefficient (Wildman–Crippen LogP) is 3.09. The maximum absolute atomic E-state index is 6.15. The van der Waals surface area contributed by atoms with E-state index in [0.717, 1.165) is 11.7 Å². The van der Waals surface area contributed by atoms with E-state index in [4.69, 9.17) is 5.73 Å². The summed E-state index contributed by atoms with van der Waals surface area (Å²) in [5.41, 5.74) is 6.15. The van der Waals surface area contributed by atoms with Crippen molar-refractivity contribution in [2.24, 2.45) is 5.73 Å². The maximum atomic E-state index is 6.15. The van der Waals surface area contributed by atoms with Gasteiger partial charge in [0.2, 0.25) is 0 Å². The molecule has 1 nitrogen and oxygen atoms in total. The zero-order valence-electron chi connectivity index (χ0n) is 9.09. The van der Waals surface area contributed by atoms with Crippen LogP contribution in [0.1, 0.15) is 40.5 Å². The van der Waals surface area contributed by atoms with Crippen molar-refractivity contribution >= 4 is 23.5 Å². The fourth-order valence-corrected chi connectivity index (χ4v) is 4.06. The Morgan fingerprint density at radius 2 is 2.00 bits per heavy atom. The Hall–Kier alpha value is 0.660. The summed E-state index contributed by atoms with van der Waals surface area (Å²) in [6, 6.07) is 0. The first-order chi connectivity index (χ1) is 5.85. The fraction of sp³-hybridized carbons (Fsp3) is 1.00. The van der Waals surface area contributed by atoms with Crippen LogP contribution in [0.5, 0.6) is 0 Å². The third kappa shape index (κ3) is 4.61. The summed E-state index contributed by atoms with van der Waals surface area (Å²) >= 11 is 4.01. The smallest absolute Gasteiger partial charge is 0.0594 e. The summed E-state index contributed by atoms with van der Waals surface area (Å²) in [4.78, 5) is -0.0525. The molecule has 0 saturated carbocycles. The van der Waals surface area contributed by atoms with Gasteiger partial charge in [-0.05, 0) is 19.8 Å². The minimum Gasteiger partial charge on any atom is -0.317 e. The van der Waals surface area contributed by atoms with Crippen LogP contribution in [0.25, 0.3) is 0 Å². The highest BCUT2D eigenvalue weighted by atomic mass is 32.2. The largest absolute Gasteiger partial charge is 0.317 e.